The molecule has 2 atom stereocenters. The maximum absolute atomic E-state index is 11.8. The maximum Gasteiger partial charge on any atom is 0.407 e. The summed E-state index contributed by atoms with van der Waals surface area (Å²) in [4.78, 5) is 29.7. The second kappa shape index (κ2) is 7.76. The van der Waals surface area contributed by atoms with Crippen molar-refractivity contribution in [3.63, 3.8) is 0 Å². The van der Waals surface area contributed by atoms with Crippen LogP contribution in [-0.2, 0) is 11.3 Å². The molecule has 0 spiro atoms. The number of aromatic nitrogens is 4. The number of fused-ring (bicyclic) bond motifs is 1. The van der Waals surface area contributed by atoms with Crippen molar-refractivity contribution >= 4 is 17.1 Å². The number of aliphatic hydroxyl groups is 2. The smallest absolute Gasteiger partial charge is 0.407 e. The second-order valence-corrected chi connectivity index (χ2v) is 5.52. The van der Waals surface area contributed by atoms with E-state index in [1.807, 2.05) is 18.2 Å². The number of hydrogen-bond donors (Lipinski definition) is 5. The first-order valence-electron chi connectivity index (χ1n) is 7.78. The number of alkyl carbamates (subject to hydrolysis) is 1. The molecule has 3 aromatic rings. The van der Waals surface area contributed by atoms with Crippen LogP contribution in [0.3, 0.4) is 0 Å². The van der Waals surface area contributed by atoms with E-state index in [4.69, 9.17) is 4.74 Å². The molecule has 2 unspecified atom stereocenters. The van der Waals surface area contributed by atoms with Gasteiger partial charge in [0.05, 0.1) is 12.0 Å². The molecule has 0 aliphatic rings. The van der Waals surface area contributed by atoms with Crippen LogP contribution in [0.4, 0.5) is 4.79 Å². The van der Waals surface area contributed by atoms with Crippen LogP contribution in [0.15, 0.2) is 41.5 Å². The van der Waals surface area contributed by atoms with Crippen molar-refractivity contribution in [1.29, 1.82) is 0 Å². The van der Waals surface area contributed by atoms with Gasteiger partial charge < -0.3 is 25.3 Å². The Morgan fingerprint density at radius 3 is 2.81 bits per heavy atom. The maximum atomic E-state index is 11.8. The average molecular weight is 359 g/mol. The summed E-state index contributed by atoms with van der Waals surface area (Å²) >= 11 is 0. The molecule has 0 radical (unpaired) electrons. The molecule has 0 aliphatic heterocycles. The zero-order valence-corrected chi connectivity index (χ0v) is 13.5. The summed E-state index contributed by atoms with van der Waals surface area (Å²) in [5.41, 5.74) is 0.450. The average Bonchev–Trinajstić information content (AvgIpc) is 3.10. The Morgan fingerprint density at radius 2 is 2.04 bits per heavy atom. The van der Waals surface area contributed by atoms with Gasteiger partial charge in [-0.05, 0) is 5.56 Å². The van der Waals surface area contributed by atoms with Gasteiger partial charge >= 0.3 is 6.09 Å². The highest BCUT2D eigenvalue weighted by molar-refractivity contribution is 5.76. The van der Waals surface area contributed by atoms with Crippen molar-refractivity contribution in [2.45, 2.75) is 18.8 Å². The third kappa shape index (κ3) is 3.87. The van der Waals surface area contributed by atoms with E-state index < -0.39 is 23.9 Å². The molecule has 0 saturated carbocycles. The first-order chi connectivity index (χ1) is 12.6. The van der Waals surface area contributed by atoms with Crippen LogP contribution < -0.4 is 10.9 Å². The van der Waals surface area contributed by atoms with Crippen LogP contribution in [0.2, 0.25) is 0 Å². The van der Waals surface area contributed by atoms with Gasteiger partial charge in [0, 0.05) is 6.54 Å². The zero-order chi connectivity index (χ0) is 18.5. The third-order valence-electron chi connectivity index (χ3n) is 3.71. The largest absolute Gasteiger partial charge is 0.445 e. The Morgan fingerprint density at radius 1 is 1.27 bits per heavy atom. The van der Waals surface area contributed by atoms with E-state index in [0.29, 0.717) is 0 Å². The number of carbonyl (C=O) groups is 1. The van der Waals surface area contributed by atoms with Crippen molar-refractivity contribution in [2.75, 3.05) is 6.54 Å². The number of H-pyrrole nitrogens is 2. The van der Waals surface area contributed by atoms with Gasteiger partial charge in [0.2, 0.25) is 0 Å². The Bertz CT molecular complexity index is 939. The number of nitrogens with one attached hydrogen (secondary N) is 3. The number of hydrogen-bond acceptors (Lipinski definition) is 7. The number of aliphatic hydroxyl groups excluding tert-OH is 2. The standard InChI is InChI=1S/C16H17N5O5/c22-10(6-17-16(25)26-7-9-4-2-1-3-5-9)13(23)12-11-14(21-20-12)18-8-19-15(11)24/h1-5,8,10,13,22-23H,6-7H2,(H,17,25)(H2,18,19,20,21,24). The fourth-order valence-corrected chi connectivity index (χ4v) is 2.37. The van der Waals surface area contributed by atoms with Gasteiger partial charge in [0.15, 0.2) is 5.65 Å². The van der Waals surface area contributed by atoms with Crippen molar-refractivity contribution in [2.24, 2.45) is 0 Å². The van der Waals surface area contributed by atoms with Gasteiger partial charge in [0.1, 0.15) is 24.2 Å². The summed E-state index contributed by atoms with van der Waals surface area (Å²) in [7, 11) is 0. The number of benzene rings is 1. The Hall–Kier alpha value is -3.24. The number of ether oxygens (including phenoxy) is 1. The van der Waals surface area contributed by atoms with Crippen LogP contribution in [0.25, 0.3) is 11.0 Å². The first-order valence-corrected chi connectivity index (χ1v) is 7.78. The molecular formula is C16H17N5O5. The lowest BCUT2D eigenvalue weighted by atomic mass is 10.1. The van der Waals surface area contributed by atoms with E-state index >= 15 is 0 Å². The summed E-state index contributed by atoms with van der Waals surface area (Å²) in [6, 6.07) is 9.10. The minimum absolute atomic E-state index is 0.0151. The lowest BCUT2D eigenvalue weighted by Crippen LogP contribution is -2.36. The monoisotopic (exact) mass is 359 g/mol. The summed E-state index contributed by atoms with van der Waals surface area (Å²) in [6.45, 7) is -0.203. The van der Waals surface area contributed by atoms with E-state index in [1.165, 1.54) is 6.33 Å². The van der Waals surface area contributed by atoms with Crippen molar-refractivity contribution in [3.8, 4) is 0 Å². The van der Waals surface area contributed by atoms with E-state index in [-0.39, 0.29) is 29.9 Å². The lowest BCUT2D eigenvalue weighted by Gasteiger charge is -2.17. The molecule has 10 nitrogen and oxygen atoms in total. The molecule has 26 heavy (non-hydrogen) atoms. The number of rotatable bonds is 6. The first kappa shape index (κ1) is 17.6. The van der Waals surface area contributed by atoms with E-state index in [9.17, 15) is 19.8 Å². The molecule has 1 amide bonds. The van der Waals surface area contributed by atoms with Crippen LogP contribution in [-0.4, -0.2) is 49.1 Å². The Kier molecular flexibility index (Phi) is 5.25. The highest BCUT2D eigenvalue weighted by Crippen LogP contribution is 2.19. The Labute approximate surface area is 146 Å². The van der Waals surface area contributed by atoms with Gasteiger partial charge in [0.25, 0.3) is 5.56 Å². The molecule has 2 aromatic heterocycles. The van der Waals surface area contributed by atoms with Crippen LogP contribution >= 0.6 is 0 Å². The fourth-order valence-electron chi connectivity index (χ4n) is 2.37. The van der Waals surface area contributed by atoms with Crippen LogP contribution in [0.1, 0.15) is 17.4 Å². The molecule has 10 heteroatoms. The molecule has 0 saturated heterocycles. The van der Waals surface area contributed by atoms with Gasteiger partial charge in [-0.15, -0.1) is 0 Å². The molecule has 136 valence electrons. The summed E-state index contributed by atoms with van der Waals surface area (Å²) in [5.74, 6) is 0. The van der Waals surface area contributed by atoms with E-state index in [1.54, 1.807) is 12.1 Å². The van der Waals surface area contributed by atoms with Crippen molar-refractivity contribution in [3.05, 3.63) is 58.3 Å². The topological polar surface area (TPSA) is 153 Å². The predicted octanol–water partition coefficient (Wildman–Crippen LogP) is -0.0331. The molecule has 0 aliphatic carbocycles. The normalized spacial score (nSPS) is 13.3. The SMILES string of the molecule is O=C(NCC(O)C(O)c1[nH]nc2nc[nH]c(=O)c12)OCc1ccccc1. The fraction of sp³-hybridized carbons (Fsp3) is 0.250. The number of amides is 1. The van der Waals surface area contributed by atoms with Gasteiger partial charge in [-0.25, -0.2) is 9.78 Å². The van der Waals surface area contributed by atoms with Gasteiger partial charge in [-0.2, -0.15) is 5.10 Å². The van der Waals surface area contributed by atoms with E-state index in [2.05, 4.69) is 25.5 Å². The third-order valence-corrected chi connectivity index (χ3v) is 3.71. The minimum atomic E-state index is -1.47. The second-order valence-electron chi connectivity index (χ2n) is 5.52. The summed E-state index contributed by atoms with van der Waals surface area (Å²) < 4.78 is 5.01. The summed E-state index contributed by atoms with van der Waals surface area (Å²) in [6.07, 6.45) is -2.42. The molecule has 0 fully saturated rings. The van der Waals surface area contributed by atoms with Crippen molar-refractivity contribution < 1.29 is 19.7 Å². The number of nitrogens with zero attached hydrogens (tertiary/aromatic N) is 2. The number of carbonyl (C=O) groups excluding carboxylic acids is 1. The predicted molar refractivity (Wildman–Crippen MR) is 90.1 cm³/mol. The van der Waals surface area contributed by atoms with Crippen LogP contribution in [0, 0.1) is 0 Å². The zero-order valence-electron chi connectivity index (χ0n) is 13.5. The number of aromatic amines is 2. The van der Waals surface area contributed by atoms with Crippen molar-refractivity contribution in [1.82, 2.24) is 25.5 Å². The molecule has 5 N–H and O–H groups in total. The van der Waals surface area contributed by atoms with Crippen LogP contribution in [0.5, 0.6) is 0 Å². The lowest BCUT2D eigenvalue weighted by molar-refractivity contribution is 0.0167. The van der Waals surface area contributed by atoms with E-state index in [0.717, 1.165) is 5.56 Å². The highest BCUT2D eigenvalue weighted by atomic mass is 16.5. The molecule has 0 bridgehead atoms. The Balaban J connectivity index is 1.56. The van der Waals surface area contributed by atoms with Gasteiger partial charge in [-0.1, -0.05) is 30.3 Å². The highest BCUT2D eigenvalue weighted by Gasteiger charge is 2.25. The summed E-state index contributed by atoms with van der Waals surface area (Å²) in [5, 5.41) is 29.0. The molecule has 3 rings (SSSR count). The van der Waals surface area contributed by atoms with Gasteiger partial charge in [-0.3, -0.25) is 9.89 Å². The molecule has 2 heterocycles. The molecular weight excluding hydrogens is 342 g/mol. The molecule has 1 aromatic carbocycles. The quantitative estimate of drug-likeness (QED) is 0.414. The minimum Gasteiger partial charge on any atom is -0.445 e.